The summed E-state index contributed by atoms with van der Waals surface area (Å²) in [6, 6.07) is 0.815. The fourth-order valence-electron chi connectivity index (χ4n) is 1.99. The van der Waals surface area contributed by atoms with Crippen LogP contribution in [0.3, 0.4) is 0 Å². The van der Waals surface area contributed by atoms with E-state index >= 15 is 0 Å². The molecule has 1 aliphatic carbocycles. The van der Waals surface area contributed by atoms with Crippen LogP contribution in [0.2, 0.25) is 0 Å². The van der Waals surface area contributed by atoms with Crippen molar-refractivity contribution < 1.29 is 0 Å². The molecular weight excluding hydrogens is 238 g/mol. The Morgan fingerprint density at radius 1 is 1.32 bits per heavy atom. The third-order valence-corrected chi connectivity index (χ3v) is 3.43. The topological polar surface area (TPSA) is 53.1 Å². The van der Waals surface area contributed by atoms with Crippen LogP contribution in [0.15, 0.2) is 6.20 Å². The summed E-state index contributed by atoms with van der Waals surface area (Å²) in [6.45, 7) is 7.07. The predicted octanol–water partition coefficient (Wildman–Crippen LogP) is 2.11. The zero-order valence-corrected chi connectivity index (χ0v) is 12.2. The standard InChI is InChI=1S/C14H25N5/c1-4-7-16-14-17-10-11(2)13(18-14)15-8-9-19(3)12-5-6-12/h10,12H,4-9H2,1-3H3,(H2,15,16,17,18). The third-order valence-electron chi connectivity index (χ3n) is 3.43. The summed E-state index contributed by atoms with van der Waals surface area (Å²) in [5.41, 5.74) is 1.09. The van der Waals surface area contributed by atoms with Crippen molar-refractivity contribution in [3.05, 3.63) is 11.8 Å². The summed E-state index contributed by atoms with van der Waals surface area (Å²) >= 11 is 0. The number of rotatable bonds is 8. The highest BCUT2D eigenvalue weighted by Gasteiger charge is 2.25. The Kier molecular flexibility index (Phi) is 4.96. The van der Waals surface area contributed by atoms with E-state index in [9.17, 15) is 0 Å². The summed E-state index contributed by atoms with van der Waals surface area (Å²) in [6.07, 6.45) is 5.66. The van der Waals surface area contributed by atoms with Crippen molar-refractivity contribution in [2.75, 3.05) is 37.3 Å². The summed E-state index contributed by atoms with van der Waals surface area (Å²) in [4.78, 5) is 11.2. The van der Waals surface area contributed by atoms with E-state index in [2.05, 4.69) is 39.5 Å². The molecule has 0 unspecified atom stereocenters. The first-order valence-corrected chi connectivity index (χ1v) is 7.22. The molecule has 0 bridgehead atoms. The van der Waals surface area contributed by atoms with Gasteiger partial charge in [-0.15, -0.1) is 0 Å². The minimum absolute atomic E-state index is 0.713. The van der Waals surface area contributed by atoms with Crippen LogP contribution in [0.25, 0.3) is 0 Å². The van der Waals surface area contributed by atoms with Gasteiger partial charge in [0.05, 0.1) is 0 Å². The Bertz CT molecular complexity index is 403. The number of anilines is 2. The van der Waals surface area contributed by atoms with Gasteiger partial charge in [0.2, 0.25) is 5.95 Å². The molecule has 2 N–H and O–H groups in total. The molecule has 19 heavy (non-hydrogen) atoms. The smallest absolute Gasteiger partial charge is 0.224 e. The van der Waals surface area contributed by atoms with Crippen molar-refractivity contribution in [3.8, 4) is 0 Å². The van der Waals surface area contributed by atoms with Crippen molar-refractivity contribution in [1.82, 2.24) is 14.9 Å². The Hall–Kier alpha value is -1.36. The molecule has 0 aromatic carbocycles. The van der Waals surface area contributed by atoms with E-state index in [4.69, 9.17) is 0 Å². The third kappa shape index (κ3) is 4.35. The average molecular weight is 263 g/mol. The van der Waals surface area contributed by atoms with Gasteiger partial charge in [0.25, 0.3) is 0 Å². The Balaban J connectivity index is 1.83. The largest absolute Gasteiger partial charge is 0.368 e. The van der Waals surface area contributed by atoms with E-state index < -0.39 is 0 Å². The number of hydrogen-bond donors (Lipinski definition) is 2. The predicted molar refractivity (Wildman–Crippen MR) is 79.7 cm³/mol. The molecule has 1 aromatic rings. The summed E-state index contributed by atoms with van der Waals surface area (Å²) < 4.78 is 0. The molecule has 0 saturated heterocycles. The van der Waals surface area contributed by atoms with Gasteiger partial charge in [0.1, 0.15) is 5.82 Å². The first kappa shape index (κ1) is 14.1. The molecule has 5 nitrogen and oxygen atoms in total. The van der Waals surface area contributed by atoms with Crippen LogP contribution < -0.4 is 10.6 Å². The molecule has 0 aliphatic heterocycles. The van der Waals surface area contributed by atoms with Gasteiger partial charge in [-0.25, -0.2) is 4.98 Å². The van der Waals surface area contributed by atoms with Crippen LogP contribution >= 0.6 is 0 Å². The molecule has 5 heteroatoms. The highest BCUT2D eigenvalue weighted by atomic mass is 15.2. The Morgan fingerprint density at radius 2 is 2.11 bits per heavy atom. The van der Waals surface area contributed by atoms with Crippen LogP contribution in [0.5, 0.6) is 0 Å². The molecule has 0 atom stereocenters. The maximum atomic E-state index is 4.52. The highest BCUT2D eigenvalue weighted by Crippen LogP contribution is 2.24. The molecule has 0 radical (unpaired) electrons. The summed E-state index contributed by atoms with van der Waals surface area (Å²) in [5.74, 6) is 1.66. The Labute approximate surface area is 115 Å². The number of aromatic nitrogens is 2. The normalized spacial score (nSPS) is 14.7. The maximum Gasteiger partial charge on any atom is 0.224 e. The van der Waals surface area contributed by atoms with Crippen LogP contribution in [0.1, 0.15) is 31.7 Å². The van der Waals surface area contributed by atoms with E-state index in [0.29, 0.717) is 5.95 Å². The lowest BCUT2D eigenvalue weighted by Gasteiger charge is -2.17. The molecule has 1 aliphatic rings. The van der Waals surface area contributed by atoms with E-state index in [1.54, 1.807) is 0 Å². The fourth-order valence-corrected chi connectivity index (χ4v) is 1.99. The van der Waals surface area contributed by atoms with Gasteiger partial charge in [-0.1, -0.05) is 6.92 Å². The minimum Gasteiger partial charge on any atom is -0.368 e. The van der Waals surface area contributed by atoms with Crippen LogP contribution in [0.4, 0.5) is 11.8 Å². The maximum absolute atomic E-state index is 4.52. The molecule has 0 spiro atoms. The molecular formula is C14H25N5. The second-order valence-electron chi connectivity index (χ2n) is 5.29. The van der Waals surface area contributed by atoms with Gasteiger partial charge in [0.15, 0.2) is 0 Å². The molecule has 106 valence electrons. The van der Waals surface area contributed by atoms with Gasteiger partial charge in [-0.2, -0.15) is 4.98 Å². The average Bonchev–Trinajstić information content (AvgIpc) is 3.23. The summed E-state index contributed by atoms with van der Waals surface area (Å²) in [7, 11) is 2.19. The van der Waals surface area contributed by atoms with Crippen LogP contribution in [-0.2, 0) is 0 Å². The lowest BCUT2D eigenvalue weighted by molar-refractivity contribution is 0.337. The van der Waals surface area contributed by atoms with Crippen molar-refractivity contribution in [2.45, 2.75) is 39.2 Å². The number of nitrogens with one attached hydrogen (secondary N) is 2. The van der Waals surface area contributed by atoms with Gasteiger partial charge in [0, 0.05) is 37.4 Å². The van der Waals surface area contributed by atoms with Gasteiger partial charge in [-0.3, -0.25) is 0 Å². The van der Waals surface area contributed by atoms with E-state index in [-0.39, 0.29) is 0 Å². The SMILES string of the molecule is CCCNc1ncc(C)c(NCCN(C)C2CC2)n1. The van der Waals surface area contributed by atoms with Crippen molar-refractivity contribution in [3.63, 3.8) is 0 Å². The van der Waals surface area contributed by atoms with E-state index in [1.807, 2.05) is 13.1 Å². The highest BCUT2D eigenvalue weighted by molar-refractivity contribution is 5.46. The van der Waals surface area contributed by atoms with Crippen LogP contribution in [-0.4, -0.2) is 47.6 Å². The van der Waals surface area contributed by atoms with Crippen molar-refractivity contribution >= 4 is 11.8 Å². The van der Waals surface area contributed by atoms with Crippen molar-refractivity contribution in [1.29, 1.82) is 0 Å². The summed E-state index contributed by atoms with van der Waals surface area (Å²) in [5, 5.41) is 6.63. The van der Waals surface area contributed by atoms with E-state index in [0.717, 1.165) is 43.5 Å². The van der Waals surface area contributed by atoms with Gasteiger partial charge >= 0.3 is 0 Å². The van der Waals surface area contributed by atoms with E-state index in [1.165, 1.54) is 12.8 Å². The lowest BCUT2D eigenvalue weighted by atomic mass is 10.3. The monoisotopic (exact) mass is 263 g/mol. The second-order valence-corrected chi connectivity index (χ2v) is 5.29. The number of aryl methyl sites for hydroxylation is 1. The number of nitrogens with zero attached hydrogens (tertiary/aromatic N) is 3. The fraction of sp³-hybridized carbons (Fsp3) is 0.714. The first-order valence-electron chi connectivity index (χ1n) is 7.22. The molecule has 1 saturated carbocycles. The Morgan fingerprint density at radius 3 is 2.79 bits per heavy atom. The van der Waals surface area contributed by atoms with Gasteiger partial charge in [-0.05, 0) is 33.2 Å². The zero-order chi connectivity index (χ0) is 13.7. The number of hydrogen-bond acceptors (Lipinski definition) is 5. The zero-order valence-electron chi connectivity index (χ0n) is 12.2. The van der Waals surface area contributed by atoms with Gasteiger partial charge < -0.3 is 15.5 Å². The molecule has 1 fully saturated rings. The molecule has 2 rings (SSSR count). The molecule has 0 amide bonds. The van der Waals surface area contributed by atoms with Crippen molar-refractivity contribution in [2.24, 2.45) is 0 Å². The minimum atomic E-state index is 0.713. The van der Waals surface area contributed by atoms with Crippen LogP contribution in [0, 0.1) is 6.92 Å². The lowest BCUT2D eigenvalue weighted by Crippen LogP contribution is -2.27. The number of likely N-dealkylation sites (N-methyl/N-ethyl adjacent to an activating group) is 1. The second kappa shape index (κ2) is 6.70. The quantitative estimate of drug-likeness (QED) is 0.752. The molecule has 1 aromatic heterocycles. The molecule has 1 heterocycles. The first-order chi connectivity index (χ1) is 9.20.